The molecule has 0 saturated carbocycles. The number of nitrogens with one attached hydrogen (secondary N) is 1. The predicted octanol–water partition coefficient (Wildman–Crippen LogP) is 2.82. The third-order valence-corrected chi connectivity index (χ3v) is 3.70. The molecule has 0 amide bonds. The highest BCUT2D eigenvalue weighted by Crippen LogP contribution is 2.26. The van der Waals surface area contributed by atoms with Gasteiger partial charge in [0.15, 0.2) is 0 Å². The minimum absolute atomic E-state index is 0.185. The molecule has 0 radical (unpaired) electrons. The van der Waals surface area contributed by atoms with Crippen LogP contribution in [0.1, 0.15) is 38.8 Å². The van der Waals surface area contributed by atoms with E-state index in [-0.39, 0.29) is 5.54 Å². The van der Waals surface area contributed by atoms with Crippen LogP contribution in [0.5, 0.6) is 0 Å². The van der Waals surface area contributed by atoms with E-state index >= 15 is 0 Å². The molecule has 2 rings (SSSR count). The number of hydrogen-bond donors (Lipinski definition) is 1. The van der Waals surface area contributed by atoms with Gasteiger partial charge in [0.05, 0.1) is 0 Å². The van der Waals surface area contributed by atoms with Gasteiger partial charge in [-0.2, -0.15) is 0 Å². The van der Waals surface area contributed by atoms with Crippen LogP contribution in [0.25, 0.3) is 0 Å². The van der Waals surface area contributed by atoms with E-state index in [1.807, 2.05) is 6.92 Å². The topological polar surface area (TPSA) is 15.3 Å². The van der Waals surface area contributed by atoms with E-state index in [0.717, 1.165) is 26.1 Å². The van der Waals surface area contributed by atoms with Crippen LogP contribution in [-0.2, 0) is 0 Å². The van der Waals surface area contributed by atoms with E-state index in [9.17, 15) is 0 Å². The maximum atomic E-state index is 3.65. The molecule has 1 atom stereocenters. The van der Waals surface area contributed by atoms with Crippen LogP contribution in [0.15, 0.2) is 30.3 Å². The fourth-order valence-corrected chi connectivity index (χ4v) is 2.74. The van der Waals surface area contributed by atoms with Gasteiger partial charge < -0.3 is 5.32 Å². The Morgan fingerprint density at radius 2 is 2.05 bits per heavy atom. The van der Waals surface area contributed by atoms with Gasteiger partial charge in [0.2, 0.25) is 0 Å². The Morgan fingerprint density at radius 3 is 2.74 bits per heavy atom. The number of rotatable bonds is 3. The van der Waals surface area contributed by atoms with Crippen LogP contribution >= 0.6 is 0 Å². The molecule has 1 aromatic carbocycles. The summed E-state index contributed by atoms with van der Waals surface area (Å²) in [7, 11) is 0. The van der Waals surface area contributed by atoms with Gasteiger partial charge in [-0.1, -0.05) is 30.3 Å². The average molecular weight is 256 g/mol. The molecule has 0 spiro atoms. The quantitative estimate of drug-likeness (QED) is 0.837. The van der Waals surface area contributed by atoms with Crippen LogP contribution in [0.3, 0.4) is 0 Å². The van der Waals surface area contributed by atoms with Gasteiger partial charge in [-0.05, 0) is 26.3 Å². The minimum atomic E-state index is 0.185. The molecule has 102 valence electrons. The lowest BCUT2D eigenvalue weighted by atomic mass is 9.94. The number of benzene rings is 1. The molecular weight excluding hydrogens is 232 g/mol. The lowest BCUT2D eigenvalue weighted by molar-refractivity contribution is 0.0975. The number of hydrogen-bond acceptors (Lipinski definition) is 2. The Morgan fingerprint density at radius 1 is 1.32 bits per heavy atom. The van der Waals surface area contributed by atoms with Gasteiger partial charge in [0.25, 0.3) is 0 Å². The summed E-state index contributed by atoms with van der Waals surface area (Å²) in [5.41, 5.74) is 1.58. The van der Waals surface area contributed by atoms with Gasteiger partial charge >= 0.3 is 0 Å². The van der Waals surface area contributed by atoms with Crippen LogP contribution in [-0.4, -0.2) is 30.1 Å². The summed E-state index contributed by atoms with van der Waals surface area (Å²) in [6.45, 7) is 9.58. The van der Waals surface area contributed by atoms with E-state index in [4.69, 9.17) is 0 Å². The van der Waals surface area contributed by atoms with Crippen molar-refractivity contribution in [1.29, 1.82) is 0 Å². The van der Waals surface area contributed by atoms with Crippen molar-refractivity contribution in [2.75, 3.05) is 19.6 Å². The van der Waals surface area contributed by atoms with Crippen molar-refractivity contribution < 1.29 is 0 Å². The Hall–Kier alpha value is -1.30. The van der Waals surface area contributed by atoms with Crippen LogP contribution in [0.4, 0.5) is 0 Å². The second-order valence-electron chi connectivity index (χ2n) is 5.84. The van der Waals surface area contributed by atoms with E-state index < -0.39 is 0 Å². The summed E-state index contributed by atoms with van der Waals surface area (Å²) in [5.74, 6) is 6.17. The molecule has 1 aliphatic rings. The van der Waals surface area contributed by atoms with Crippen molar-refractivity contribution in [3.05, 3.63) is 35.9 Å². The molecule has 1 N–H and O–H groups in total. The SMILES string of the molecule is CC#CCCN1CC(C)(C)NCC1c1ccccc1. The molecular formula is C17H24N2. The van der Waals surface area contributed by atoms with E-state index in [1.165, 1.54) is 5.56 Å². The zero-order chi connectivity index (χ0) is 13.7. The number of piperazine rings is 1. The molecule has 1 aromatic rings. The van der Waals surface area contributed by atoms with E-state index in [2.05, 4.69) is 66.2 Å². The number of nitrogens with zero attached hydrogens (tertiary/aromatic N) is 1. The Kier molecular flexibility index (Phi) is 4.63. The van der Waals surface area contributed by atoms with Crippen molar-refractivity contribution in [1.82, 2.24) is 10.2 Å². The molecule has 0 bridgehead atoms. The van der Waals surface area contributed by atoms with E-state index in [0.29, 0.717) is 6.04 Å². The van der Waals surface area contributed by atoms with Crippen molar-refractivity contribution in [3.8, 4) is 11.8 Å². The summed E-state index contributed by atoms with van der Waals surface area (Å²) in [4.78, 5) is 2.57. The van der Waals surface area contributed by atoms with Crippen molar-refractivity contribution >= 4 is 0 Å². The average Bonchev–Trinajstić information content (AvgIpc) is 2.39. The molecule has 1 fully saturated rings. The largest absolute Gasteiger partial charge is 0.309 e. The fourth-order valence-electron chi connectivity index (χ4n) is 2.74. The Labute approximate surface area is 117 Å². The monoisotopic (exact) mass is 256 g/mol. The minimum Gasteiger partial charge on any atom is -0.309 e. The zero-order valence-electron chi connectivity index (χ0n) is 12.2. The molecule has 1 unspecified atom stereocenters. The van der Waals surface area contributed by atoms with Gasteiger partial charge in [-0.25, -0.2) is 0 Å². The van der Waals surface area contributed by atoms with Gasteiger partial charge in [0.1, 0.15) is 0 Å². The standard InChI is InChI=1S/C17H24N2/c1-4-5-9-12-19-14-17(2,3)18-13-16(19)15-10-7-6-8-11-15/h6-8,10-11,16,18H,9,12-14H2,1-3H3. The molecule has 0 aromatic heterocycles. The van der Waals surface area contributed by atoms with Crippen LogP contribution in [0, 0.1) is 11.8 Å². The van der Waals surface area contributed by atoms with Crippen molar-refractivity contribution in [3.63, 3.8) is 0 Å². The molecule has 1 heterocycles. The Bertz CT molecular complexity index is 453. The summed E-state index contributed by atoms with van der Waals surface area (Å²) in [6, 6.07) is 11.2. The highest BCUT2D eigenvalue weighted by atomic mass is 15.2. The first kappa shape index (κ1) is 14.1. The lowest BCUT2D eigenvalue weighted by Crippen LogP contribution is -2.58. The van der Waals surface area contributed by atoms with Gasteiger partial charge in [0, 0.05) is 37.6 Å². The molecule has 1 aliphatic heterocycles. The van der Waals surface area contributed by atoms with Crippen LogP contribution in [0.2, 0.25) is 0 Å². The smallest absolute Gasteiger partial charge is 0.0474 e. The third-order valence-electron chi connectivity index (χ3n) is 3.70. The lowest BCUT2D eigenvalue weighted by Gasteiger charge is -2.44. The first-order valence-corrected chi connectivity index (χ1v) is 7.06. The Balaban J connectivity index is 2.12. The molecule has 2 nitrogen and oxygen atoms in total. The zero-order valence-corrected chi connectivity index (χ0v) is 12.2. The summed E-state index contributed by atoms with van der Waals surface area (Å²) >= 11 is 0. The van der Waals surface area contributed by atoms with Crippen LogP contribution < -0.4 is 5.32 Å². The summed E-state index contributed by atoms with van der Waals surface area (Å²) in [5, 5.41) is 3.65. The maximum Gasteiger partial charge on any atom is 0.0474 e. The third kappa shape index (κ3) is 3.83. The molecule has 19 heavy (non-hydrogen) atoms. The van der Waals surface area contributed by atoms with Gasteiger partial charge in [-0.3, -0.25) is 4.90 Å². The summed E-state index contributed by atoms with van der Waals surface area (Å²) < 4.78 is 0. The van der Waals surface area contributed by atoms with Gasteiger partial charge in [-0.15, -0.1) is 11.8 Å². The van der Waals surface area contributed by atoms with Crippen molar-refractivity contribution in [2.24, 2.45) is 0 Å². The molecule has 0 aliphatic carbocycles. The molecule has 2 heteroatoms. The summed E-state index contributed by atoms with van der Waals surface area (Å²) in [6.07, 6.45) is 0.954. The first-order chi connectivity index (χ1) is 9.12. The fraction of sp³-hybridized carbons (Fsp3) is 0.529. The predicted molar refractivity (Wildman–Crippen MR) is 80.9 cm³/mol. The highest BCUT2D eigenvalue weighted by molar-refractivity contribution is 5.21. The maximum absolute atomic E-state index is 3.65. The van der Waals surface area contributed by atoms with Crippen molar-refractivity contribution in [2.45, 2.75) is 38.8 Å². The highest BCUT2D eigenvalue weighted by Gasteiger charge is 2.32. The first-order valence-electron chi connectivity index (χ1n) is 7.06. The normalized spacial score (nSPS) is 22.6. The second-order valence-corrected chi connectivity index (χ2v) is 5.84. The second kappa shape index (κ2) is 6.23. The molecule has 1 saturated heterocycles. The van der Waals surface area contributed by atoms with E-state index in [1.54, 1.807) is 0 Å².